The standard InChI is InChI=1S/C12H15F2NO3/c1-3-12(2,6-16)15-10-8(13)4-7(11(17)18)5-9(10)14/h4-5,15-16H,3,6H2,1-2H3,(H,17,18). The SMILES string of the molecule is CCC(C)(CO)Nc1c(F)cc(C(=O)O)cc1F. The predicted octanol–water partition coefficient (Wildman–Crippen LogP) is 2.24. The van der Waals surface area contributed by atoms with Crippen molar-refractivity contribution < 1.29 is 23.8 Å². The van der Waals surface area contributed by atoms with Crippen LogP contribution in [0.2, 0.25) is 0 Å². The fraction of sp³-hybridized carbons (Fsp3) is 0.417. The Labute approximate surface area is 103 Å². The van der Waals surface area contributed by atoms with E-state index in [4.69, 9.17) is 10.2 Å². The largest absolute Gasteiger partial charge is 0.478 e. The van der Waals surface area contributed by atoms with Gasteiger partial charge in [-0.05, 0) is 25.5 Å². The number of halogens is 2. The smallest absolute Gasteiger partial charge is 0.335 e. The first-order chi connectivity index (χ1) is 8.33. The molecule has 0 saturated heterocycles. The van der Waals surface area contributed by atoms with E-state index in [-0.39, 0.29) is 6.61 Å². The maximum atomic E-state index is 13.6. The lowest BCUT2D eigenvalue weighted by molar-refractivity contribution is 0.0696. The summed E-state index contributed by atoms with van der Waals surface area (Å²) in [5.74, 6) is -3.40. The van der Waals surface area contributed by atoms with Gasteiger partial charge in [-0.1, -0.05) is 6.92 Å². The number of anilines is 1. The second-order valence-corrected chi connectivity index (χ2v) is 4.32. The number of nitrogens with one attached hydrogen (secondary N) is 1. The molecule has 0 heterocycles. The Morgan fingerprint density at radius 3 is 2.22 bits per heavy atom. The van der Waals surface area contributed by atoms with E-state index in [0.29, 0.717) is 6.42 Å². The third-order valence-electron chi connectivity index (χ3n) is 2.85. The minimum absolute atomic E-state index is 0.303. The van der Waals surface area contributed by atoms with Crippen molar-refractivity contribution in [1.29, 1.82) is 0 Å². The number of carboxylic acids is 1. The lowest BCUT2D eigenvalue weighted by Crippen LogP contribution is -2.38. The Hall–Kier alpha value is -1.69. The summed E-state index contributed by atoms with van der Waals surface area (Å²) >= 11 is 0. The average Bonchev–Trinajstić information content (AvgIpc) is 2.33. The predicted molar refractivity (Wildman–Crippen MR) is 62.7 cm³/mol. The lowest BCUT2D eigenvalue weighted by atomic mass is 9.99. The van der Waals surface area contributed by atoms with Crippen molar-refractivity contribution in [3.63, 3.8) is 0 Å². The summed E-state index contributed by atoms with van der Waals surface area (Å²) in [6.07, 6.45) is 0.447. The van der Waals surface area contributed by atoms with Crippen molar-refractivity contribution in [3.8, 4) is 0 Å². The van der Waals surface area contributed by atoms with Crippen LogP contribution in [0.1, 0.15) is 30.6 Å². The van der Waals surface area contributed by atoms with Crippen LogP contribution in [0.4, 0.5) is 14.5 Å². The van der Waals surface area contributed by atoms with Gasteiger partial charge in [0.15, 0.2) is 0 Å². The minimum atomic E-state index is -1.40. The Morgan fingerprint density at radius 2 is 1.89 bits per heavy atom. The second-order valence-electron chi connectivity index (χ2n) is 4.32. The van der Waals surface area contributed by atoms with Crippen LogP contribution in [0, 0.1) is 11.6 Å². The van der Waals surface area contributed by atoms with Crippen LogP contribution in [-0.2, 0) is 0 Å². The molecule has 1 unspecified atom stereocenters. The highest BCUT2D eigenvalue weighted by molar-refractivity contribution is 5.88. The quantitative estimate of drug-likeness (QED) is 0.758. The fourth-order valence-corrected chi connectivity index (χ4v) is 1.36. The summed E-state index contributed by atoms with van der Waals surface area (Å²) in [6.45, 7) is 3.06. The van der Waals surface area contributed by atoms with Crippen LogP contribution in [0.3, 0.4) is 0 Å². The number of aromatic carboxylic acids is 1. The molecular weight excluding hydrogens is 244 g/mol. The Bertz CT molecular complexity index is 436. The maximum Gasteiger partial charge on any atom is 0.335 e. The van der Waals surface area contributed by atoms with Crippen LogP contribution in [0.15, 0.2) is 12.1 Å². The summed E-state index contributed by atoms with van der Waals surface area (Å²) in [6, 6.07) is 1.47. The van der Waals surface area contributed by atoms with E-state index in [1.807, 2.05) is 0 Å². The molecule has 0 amide bonds. The Kier molecular flexibility index (Phi) is 4.24. The number of carboxylic acid groups (broad SMARTS) is 1. The third-order valence-corrected chi connectivity index (χ3v) is 2.85. The van der Waals surface area contributed by atoms with E-state index in [0.717, 1.165) is 12.1 Å². The molecule has 0 aliphatic carbocycles. The van der Waals surface area contributed by atoms with Gasteiger partial charge in [0, 0.05) is 0 Å². The van der Waals surface area contributed by atoms with Crippen LogP contribution in [0.25, 0.3) is 0 Å². The monoisotopic (exact) mass is 259 g/mol. The molecular formula is C12H15F2NO3. The summed E-state index contributed by atoms with van der Waals surface area (Å²) in [7, 11) is 0. The van der Waals surface area contributed by atoms with Crippen LogP contribution in [-0.4, -0.2) is 28.3 Å². The van der Waals surface area contributed by atoms with E-state index < -0.39 is 34.4 Å². The maximum absolute atomic E-state index is 13.6. The third kappa shape index (κ3) is 2.95. The molecule has 18 heavy (non-hydrogen) atoms. The molecule has 0 saturated carbocycles. The second kappa shape index (κ2) is 5.30. The number of hydrogen-bond donors (Lipinski definition) is 3. The molecule has 4 nitrogen and oxygen atoms in total. The number of hydrogen-bond acceptors (Lipinski definition) is 3. The van der Waals surface area contributed by atoms with Crippen molar-refractivity contribution >= 4 is 11.7 Å². The molecule has 1 aromatic rings. The van der Waals surface area contributed by atoms with E-state index >= 15 is 0 Å². The summed E-state index contributed by atoms with van der Waals surface area (Å²) in [5, 5.41) is 20.4. The van der Waals surface area contributed by atoms with Gasteiger partial charge >= 0.3 is 5.97 Å². The van der Waals surface area contributed by atoms with E-state index in [2.05, 4.69) is 5.32 Å². The molecule has 0 radical (unpaired) electrons. The molecule has 0 aliphatic rings. The summed E-state index contributed by atoms with van der Waals surface area (Å²) in [5.41, 5.74) is -1.76. The number of carbonyl (C=O) groups is 1. The number of aliphatic hydroxyl groups excluding tert-OH is 1. The van der Waals surface area contributed by atoms with Crippen molar-refractivity contribution in [1.82, 2.24) is 0 Å². The molecule has 100 valence electrons. The summed E-state index contributed by atoms with van der Waals surface area (Å²) < 4.78 is 27.3. The van der Waals surface area contributed by atoms with Crippen LogP contribution in [0.5, 0.6) is 0 Å². The van der Waals surface area contributed by atoms with Gasteiger partial charge in [-0.25, -0.2) is 13.6 Å². The zero-order valence-corrected chi connectivity index (χ0v) is 10.1. The minimum Gasteiger partial charge on any atom is -0.478 e. The first-order valence-corrected chi connectivity index (χ1v) is 5.44. The van der Waals surface area contributed by atoms with Gasteiger partial charge in [-0.3, -0.25) is 0 Å². The highest BCUT2D eigenvalue weighted by atomic mass is 19.1. The van der Waals surface area contributed by atoms with Gasteiger partial charge < -0.3 is 15.5 Å². The van der Waals surface area contributed by atoms with E-state index in [9.17, 15) is 13.6 Å². The highest BCUT2D eigenvalue weighted by Gasteiger charge is 2.24. The topological polar surface area (TPSA) is 69.6 Å². The molecule has 1 aromatic carbocycles. The number of aliphatic hydroxyl groups is 1. The van der Waals surface area contributed by atoms with Crippen LogP contribution < -0.4 is 5.32 Å². The first kappa shape index (κ1) is 14.4. The molecule has 0 spiro atoms. The fourth-order valence-electron chi connectivity index (χ4n) is 1.36. The van der Waals surface area contributed by atoms with Gasteiger partial charge in [0.05, 0.1) is 17.7 Å². The van der Waals surface area contributed by atoms with Crippen molar-refractivity contribution in [2.75, 3.05) is 11.9 Å². The number of benzene rings is 1. The molecule has 1 atom stereocenters. The van der Waals surface area contributed by atoms with Gasteiger partial charge in [0.1, 0.15) is 17.3 Å². The number of rotatable bonds is 5. The van der Waals surface area contributed by atoms with Gasteiger partial charge in [0.2, 0.25) is 0 Å². The Morgan fingerprint density at radius 1 is 1.39 bits per heavy atom. The zero-order chi connectivity index (χ0) is 13.9. The Balaban J connectivity index is 3.15. The molecule has 6 heteroatoms. The van der Waals surface area contributed by atoms with E-state index in [1.54, 1.807) is 13.8 Å². The van der Waals surface area contributed by atoms with Gasteiger partial charge in [0.25, 0.3) is 0 Å². The van der Waals surface area contributed by atoms with Crippen molar-refractivity contribution in [3.05, 3.63) is 29.3 Å². The average molecular weight is 259 g/mol. The molecule has 3 N–H and O–H groups in total. The van der Waals surface area contributed by atoms with E-state index in [1.165, 1.54) is 0 Å². The first-order valence-electron chi connectivity index (χ1n) is 5.44. The highest BCUT2D eigenvalue weighted by Crippen LogP contribution is 2.25. The zero-order valence-electron chi connectivity index (χ0n) is 10.1. The van der Waals surface area contributed by atoms with Crippen LogP contribution >= 0.6 is 0 Å². The van der Waals surface area contributed by atoms with Gasteiger partial charge in [-0.15, -0.1) is 0 Å². The summed E-state index contributed by atoms with van der Waals surface area (Å²) in [4.78, 5) is 10.6. The lowest BCUT2D eigenvalue weighted by Gasteiger charge is -2.29. The molecule has 1 rings (SSSR count). The molecule has 0 fully saturated rings. The van der Waals surface area contributed by atoms with Gasteiger partial charge in [-0.2, -0.15) is 0 Å². The van der Waals surface area contributed by atoms with Crippen molar-refractivity contribution in [2.45, 2.75) is 25.8 Å². The molecule has 0 bridgehead atoms. The normalized spacial score (nSPS) is 14.1. The van der Waals surface area contributed by atoms with Crippen molar-refractivity contribution in [2.24, 2.45) is 0 Å². The molecule has 0 aliphatic heterocycles. The molecule has 0 aromatic heterocycles.